The first-order valence-corrected chi connectivity index (χ1v) is 11.4. The number of nitrogens with zero attached hydrogens (tertiary/aromatic N) is 1. The predicted molar refractivity (Wildman–Crippen MR) is 134 cm³/mol. The van der Waals surface area contributed by atoms with Crippen molar-refractivity contribution in [2.24, 2.45) is 7.05 Å². The number of benzene rings is 3. The van der Waals surface area contributed by atoms with Crippen LogP contribution in [0.4, 0.5) is 0 Å². The Kier molecular flexibility index (Phi) is 7.02. The van der Waals surface area contributed by atoms with Crippen molar-refractivity contribution in [3.8, 4) is 22.8 Å². The van der Waals surface area contributed by atoms with Gasteiger partial charge in [-0.2, -0.15) is 0 Å². The zero-order chi connectivity index (χ0) is 23.4. The first-order chi connectivity index (χ1) is 15.9. The minimum Gasteiger partial charge on any atom is -0.508 e. The Morgan fingerprint density at radius 3 is 2.39 bits per heavy atom. The molecule has 0 saturated heterocycles. The maximum Gasteiger partial charge on any atom is 0.119 e. The van der Waals surface area contributed by atoms with Crippen molar-refractivity contribution in [2.75, 3.05) is 19.7 Å². The second-order valence-electron chi connectivity index (χ2n) is 8.69. The van der Waals surface area contributed by atoms with E-state index >= 15 is 0 Å². The molecule has 0 unspecified atom stereocenters. The summed E-state index contributed by atoms with van der Waals surface area (Å²) < 4.78 is 7.88. The standard InChI is InChI=1S/C28H32N2O3/c1-19-14-20(2)16-21(15-19)28-26(25-6-4-5-7-27(25)30(28)3)12-13-29-17-23(32)18-33-24-10-8-22(31)9-11-24/h4-11,14-16,23,29,31-32H,12-13,17-18H2,1-3H3/t23-/m0/s1. The summed E-state index contributed by atoms with van der Waals surface area (Å²) in [7, 11) is 2.14. The van der Waals surface area contributed by atoms with Crippen molar-refractivity contribution in [3.05, 3.63) is 83.4 Å². The summed E-state index contributed by atoms with van der Waals surface area (Å²) >= 11 is 0. The number of aryl methyl sites for hydroxylation is 3. The van der Waals surface area contributed by atoms with Crippen LogP contribution in [0.5, 0.6) is 11.5 Å². The van der Waals surface area contributed by atoms with Gasteiger partial charge in [-0.05, 0) is 80.4 Å². The van der Waals surface area contributed by atoms with Crippen molar-refractivity contribution in [2.45, 2.75) is 26.4 Å². The number of nitrogens with one attached hydrogen (secondary N) is 1. The third kappa shape index (κ3) is 5.38. The lowest BCUT2D eigenvalue weighted by Crippen LogP contribution is -2.32. The molecule has 0 aliphatic heterocycles. The first kappa shape index (κ1) is 22.9. The van der Waals surface area contributed by atoms with Gasteiger partial charge in [-0.25, -0.2) is 0 Å². The highest BCUT2D eigenvalue weighted by atomic mass is 16.5. The molecule has 0 spiro atoms. The number of aliphatic hydroxyl groups is 1. The maximum absolute atomic E-state index is 10.3. The molecule has 33 heavy (non-hydrogen) atoms. The number of fused-ring (bicyclic) bond motifs is 1. The van der Waals surface area contributed by atoms with Crippen LogP contribution in [0.3, 0.4) is 0 Å². The van der Waals surface area contributed by atoms with E-state index in [4.69, 9.17) is 4.74 Å². The maximum atomic E-state index is 10.3. The number of rotatable bonds is 9. The van der Waals surface area contributed by atoms with Gasteiger partial charge in [0.1, 0.15) is 24.2 Å². The van der Waals surface area contributed by atoms with Crippen LogP contribution >= 0.6 is 0 Å². The van der Waals surface area contributed by atoms with E-state index in [9.17, 15) is 10.2 Å². The molecule has 4 aromatic rings. The van der Waals surface area contributed by atoms with Gasteiger partial charge in [0, 0.05) is 24.5 Å². The molecule has 1 aromatic heterocycles. The number of phenolic OH excluding ortho intramolecular Hbond substituents is 1. The van der Waals surface area contributed by atoms with Crippen molar-refractivity contribution >= 4 is 10.9 Å². The van der Waals surface area contributed by atoms with Crippen molar-refractivity contribution in [3.63, 3.8) is 0 Å². The number of aliphatic hydroxyl groups excluding tert-OH is 1. The lowest BCUT2D eigenvalue weighted by Gasteiger charge is -2.14. The molecule has 0 aliphatic rings. The SMILES string of the molecule is Cc1cc(C)cc(-c2c(CCNC[C@H](O)COc3ccc(O)cc3)c3ccccc3n2C)c1. The van der Waals surface area contributed by atoms with Crippen molar-refractivity contribution in [1.82, 2.24) is 9.88 Å². The third-order valence-electron chi connectivity index (χ3n) is 5.92. The number of hydrogen-bond donors (Lipinski definition) is 3. The zero-order valence-electron chi connectivity index (χ0n) is 19.5. The molecule has 1 heterocycles. The van der Waals surface area contributed by atoms with Gasteiger partial charge in [0.2, 0.25) is 0 Å². The molecule has 0 radical (unpaired) electrons. The normalized spacial score (nSPS) is 12.2. The first-order valence-electron chi connectivity index (χ1n) is 11.4. The summed E-state index contributed by atoms with van der Waals surface area (Å²) in [5.74, 6) is 0.818. The van der Waals surface area contributed by atoms with Gasteiger partial charge in [0.25, 0.3) is 0 Å². The Hall–Kier alpha value is -3.28. The van der Waals surface area contributed by atoms with Crippen molar-refractivity contribution < 1.29 is 14.9 Å². The zero-order valence-corrected chi connectivity index (χ0v) is 19.5. The minimum atomic E-state index is -0.620. The van der Waals surface area contributed by atoms with Crippen LogP contribution in [0.15, 0.2) is 66.7 Å². The van der Waals surface area contributed by atoms with E-state index < -0.39 is 6.10 Å². The summed E-state index contributed by atoms with van der Waals surface area (Å²) in [6, 6.07) is 21.7. The molecule has 0 saturated carbocycles. The molecule has 0 fully saturated rings. The molecular weight excluding hydrogens is 412 g/mol. The molecule has 5 heteroatoms. The van der Waals surface area contributed by atoms with E-state index in [0.717, 1.165) is 13.0 Å². The molecule has 3 aromatic carbocycles. The predicted octanol–water partition coefficient (Wildman–Crippen LogP) is 4.74. The van der Waals surface area contributed by atoms with Crippen LogP contribution in [-0.4, -0.2) is 40.6 Å². The fourth-order valence-corrected chi connectivity index (χ4v) is 4.48. The number of hydrogen-bond acceptors (Lipinski definition) is 4. The second kappa shape index (κ2) is 10.1. The van der Waals surface area contributed by atoms with E-state index in [0.29, 0.717) is 12.3 Å². The Bertz CT molecular complexity index is 1210. The van der Waals surface area contributed by atoms with E-state index in [1.165, 1.54) is 38.9 Å². The van der Waals surface area contributed by atoms with Gasteiger partial charge in [-0.3, -0.25) is 0 Å². The topological polar surface area (TPSA) is 66.7 Å². The average molecular weight is 445 g/mol. The van der Waals surface area contributed by atoms with Crippen molar-refractivity contribution in [1.29, 1.82) is 0 Å². The summed E-state index contributed by atoms with van der Waals surface area (Å²) in [6.45, 7) is 5.67. The van der Waals surface area contributed by atoms with Gasteiger partial charge in [-0.15, -0.1) is 0 Å². The highest BCUT2D eigenvalue weighted by Gasteiger charge is 2.17. The van der Waals surface area contributed by atoms with Gasteiger partial charge in [0.15, 0.2) is 0 Å². The van der Waals surface area contributed by atoms with Crippen LogP contribution in [0, 0.1) is 13.8 Å². The molecule has 4 rings (SSSR count). The minimum absolute atomic E-state index is 0.193. The smallest absolute Gasteiger partial charge is 0.119 e. The number of para-hydroxylation sites is 1. The van der Waals surface area contributed by atoms with Crippen LogP contribution in [0.1, 0.15) is 16.7 Å². The third-order valence-corrected chi connectivity index (χ3v) is 5.92. The molecule has 0 bridgehead atoms. The second-order valence-corrected chi connectivity index (χ2v) is 8.69. The van der Waals surface area contributed by atoms with Gasteiger partial charge < -0.3 is 24.8 Å². The quantitative estimate of drug-likeness (QED) is 0.326. The van der Waals surface area contributed by atoms with Crippen LogP contribution in [0.25, 0.3) is 22.2 Å². The molecule has 1 atom stereocenters. The summed E-state index contributed by atoms with van der Waals surface area (Å²) in [6.07, 6.45) is 0.236. The monoisotopic (exact) mass is 444 g/mol. The van der Waals surface area contributed by atoms with Gasteiger partial charge in [0.05, 0.1) is 5.69 Å². The Morgan fingerprint density at radius 1 is 0.970 bits per heavy atom. The fraction of sp³-hybridized carbons (Fsp3) is 0.286. The summed E-state index contributed by atoms with van der Waals surface area (Å²) in [5, 5.41) is 24.3. The molecule has 0 amide bonds. The lowest BCUT2D eigenvalue weighted by molar-refractivity contribution is 0.106. The Morgan fingerprint density at radius 2 is 1.67 bits per heavy atom. The summed E-state index contributed by atoms with van der Waals surface area (Å²) in [5.41, 5.74) is 7.56. The Labute approximate surface area is 195 Å². The van der Waals surface area contributed by atoms with Gasteiger partial charge in [-0.1, -0.05) is 35.4 Å². The average Bonchev–Trinajstić information content (AvgIpc) is 3.07. The molecule has 5 nitrogen and oxygen atoms in total. The van der Waals surface area contributed by atoms with E-state index in [1.54, 1.807) is 24.3 Å². The van der Waals surface area contributed by atoms with E-state index in [-0.39, 0.29) is 12.4 Å². The van der Waals surface area contributed by atoms with E-state index in [2.05, 4.69) is 73.2 Å². The highest BCUT2D eigenvalue weighted by Crippen LogP contribution is 2.34. The summed E-state index contributed by atoms with van der Waals surface area (Å²) in [4.78, 5) is 0. The molecule has 172 valence electrons. The molecule has 3 N–H and O–H groups in total. The number of ether oxygens (including phenoxy) is 1. The molecule has 0 aliphatic carbocycles. The number of phenols is 1. The molecular formula is C28H32N2O3. The number of aromatic nitrogens is 1. The lowest BCUT2D eigenvalue weighted by atomic mass is 9.99. The fourth-order valence-electron chi connectivity index (χ4n) is 4.48. The number of aromatic hydroxyl groups is 1. The van der Waals surface area contributed by atoms with Gasteiger partial charge >= 0.3 is 0 Å². The van der Waals surface area contributed by atoms with Crippen LogP contribution in [0.2, 0.25) is 0 Å². The van der Waals surface area contributed by atoms with Crippen LogP contribution in [-0.2, 0) is 13.5 Å². The van der Waals surface area contributed by atoms with E-state index in [1.807, 2.05) is 0 Å². The highest BCUT2D eigenvalue weighted by molar-refractivity contribution is 5.92. The van der Waals surface area contributed by atoms with Crippen LogP contribution < -0.4 is 10.1 Å². The largest absolute Gasteiger partial charge is 0.508 e. The Balaban J connectivity index is 1.43.